The topological polar surface area (TPSA) is 49.8 Å². The Morgan fingerprint density at radius 3 is 2.54 bits per heavy atom. The average Bonchev–Trinajstić information content (AvgIpc) is 2.17. The molecular formula is C11H14N2. The number of nitrogens with two attached hydrogens (primary N) is 1. The monoisotopic (exact) mass is 174 g/mol. The molecule has 1 rings (SSSR count). The molecule has 0 radical (unpaired) electrons. The van der Waals surface area contributed by atoms with Crippen LogP contribution in [0.1, 0.15) is 18.9 Å². The summed E-state index contributed by atoms with van der Waals surface area (Å²) in [6.45, 7) is 1.76. The molecule has 0 aromatic heterocycles. The number of nitrogens with zero attached hydrogens (tertiary/aromatic N) is 1. The van der Waals surface area contributed by atoms with Crippen LogP contribution in [-0.2, 0) is 6.42 Å². The highest BCUT2D eigenvalue weighted by Crippen LogP contribution is 2.10. The quantitative estimate of drug-likeness (QED) is 0.760. The first-order valence-corrected chi connectivity index (χ1v) is 4.38. The normalized spacial score (nSPS) is 14.5. The molecule has 0 heterocycles. The predicted molar refractivity (Wildman–Crippen MR) is 53.0 cm³/mol. The van der Waals surface area contributed by atoms with Gasteiger partial charge < -0.3 is 5.73 Å². The summed E-state index contributed by atoms with van der Waals surface area (Å²) in [7, 11) is 0. The Kier molecular flexibility index (Phi) is 3.05. The lowest BCUT2D eigenvalue weighted by atomic mass is 9.96. The van der Waals surface area contributed by atoms with Gasteiger partial charge in [-0.2, -0.15) is 5.26 Å². The molecule has 13 heavy (non-hydrogen) atoms. The van der Waals surface area contributed by atoms with Crippen molar-refractivity contribution in [1.82, 2.24) is 0 Å². The van der Waals surface area contributed by atoms with E-state index in [9.17, 15) is 0 Å². The second-order valence-electron chi connectivity index (χ2n) is 3.51. The van der Waals surface area contributed by atoms with Gasteiger partial charge in [0.15, 0.2) is 0 Å². The average molecular weight is 174 g/mol. The van der Waals surface area contributed by atoms with Crippen molar-refractivity contribution < 1.29 is 0 Å². The van der Waals surface area contributed by atoms with Crippen molar-refractivity contribution in [2.75, 3.05) is 0 Å². The van der Waals surface area contributed by atoms with Crippen LogP contribution in [0.4, 0.5) is 0 Å². The minimum Gasteiger partial charge on any atom is -0.314 e. The first-order valence-electron chi connectivity index (χ1n) is 4.38. The molecule has 1 aromatic carbocycles. The molecule has 0 saturated carbocycles. The van der Waals surface area contributed by atoms with Crippen LogP contribution in [0.15, 0.2) is 30.3 Å². The van der Waals surface area contributed by atoms with E-state index in [-0.39, 0.29) is 0 Å². The number of hydrogen-bond acceptors (Lipinski definition) is 2. The zero-order valence-electron chi connectivity index (χ0n) is 7.83. The summed E-state index contributed by atoms with van der Waals surface area (Å²) in [6, 6.07) is 12.2. The van der Waals surface area contributed by atoms with Crippen molar-refractivity contribution >= 4 is 0 Å². The van der Waals surface area contributed by atoms with Crippen molar-refractivity contribution in [1.29, 1.82) is 5.26 Å². The predicted octanol–water partition coefficient (Wildman–Crippen LogP) is 1.86. The first-order chi connectivity index (χ1) is 6.14. The molecule has 0 saturated heterocycles. The van der Waals surface area contributed by atoms with Crippen LogP contribution >= 0.6 is 0 Å². The van der Waals surface area contributed by atoms with Crippen molar-refractivity contribution in [3.63, 3.8) is 0 Å². The largest absolute Gasteiger partial charge is 0.314 e. The number of aryl methyl sites for hydroxylation is 1. The zero-order chi connectivity index (χ0) is 9.73. The van der Waals surface area contributed by atoms with E-state index in [1.807, 2.05) is 30.3 Å². The van der Waals surface area contributed by atoms with Crippen molar-refractivity contribution in [3.05, 3.63) is 35.9 Å². The molecule has 1 aromatic rings. The third kappa shape index (κ3) is 3.27. The Hall–Kier alpha value is -1.33. The van der Waals surface area contributed by atoms with Gasteiger partial charge in [-0.25, -0.2) is 0 Å². The maximum absolute atomic E-state index is 8.70. The Balaban J connectivity index is 2.50. The smallest absolute Gasteiger partial charge is 0.101 e. The highest BCUT2D eigenvalue weighted by atomic mass is 14.7. The molecule has 2 N–H and O–H groups in total. The molecule has 0 spiro atoms. The Labute approximate surface area is 79.0 Å². The van der Waals surface area contributed by atoms with Crippen molar-refractivity contribution in [2.24, 2.45) is 5.73 Å². The third-order valence-electron chi connectivity index (χ3n) is 2.03. The second-order valence-corrected chi connectivity index (χ2v) is 3.51. The molecule has 2 heteroatoms. The Morgan fingerprint density at radius 2 is 2.00 bits per heavy atom. The standard InChI is InChI=1S/C11H14N2/c1-11(13,9-12)8-7-10-5-3-2-4-6-10/h2-6H,7-8,13H2,1H3/t11-/m1/s1. The molecule has 1 atom stereocenters. The Bertz CT molecular complexity index is 296. The van der Waals surface area contributed by atoms with Crippen LogP contribution in [0.3, 0.4) is 0 Å². The molecule has 68 valence electrons. The van der Waals surface area contributed by atoms with Crippen LogP contribution in [0.25, 0.3) is 0 Å². The second kappa shape index (κ2) is 4.06. The summed E-state index contributed by atoms with van der Waals surface area (Å²) in [5.41, 5.74) is 6.24. The van der Waals surface area contributed by atoms with E-state index in [0.717, 1.165) is 6.42 Å². The first kappa shape index (κ1) is 9.76. The van der Waals surface area contributed by atoms with E-state index < -0.39 is 5.54 Å². The summed E-state index contributed by atoms with van der Waals surface area (Å²) in [4.78, 5) is 0. The highest BCUT2D eigenvalue weighted by molar-refractivity contribution is 5.16. The summed E-state index contributed by atoms with van der Waals surface area (Å²) >= 11 is 0. The summed E-state index contributed by atoms with van der Waals surface area (Å²) in [6.07, 6.45) is 1.56. The molecule has 0 bridgehead atoms. The number of nitriles is 1. The minimum absolute atomic E-state index is 0.699. The molecular weight excluding hydrogens is 160 g/mol. The fraction of sp³-hybridized carbons (Fsp3) is 0.364. The van der Waals surface area contributed by atoms with Gasteiger partial charge in [-0.3, -0.25) is 0 Å². The summed E-state index contributed by atoms with van der Waals surface area (Å²) in [5.74, 6) is 0. The fourth-order valence-electron chi connectivity index (χ4n) is 1.10. The summed E-state index contributed by atoms with van der Waals surface area (Å²) < 4.78 is 0. The van der Waals surface area contributed by atoms with Crippen LogP contribution in [0.5, 0.6) is 0 Å². The lowest BCUT2D eigenvalue weighted by Gasteiger charge is -2.14. The van der Waals surface area contributed by atoms with Gasteiger partial charge in [0.05, 0.1) is 6.07 Å². The van der Waals surface area contributed by atoms with Gasteiger partial charge in [-0.15, -0.1) is 0 Å². The van der Waals surface area contributed by atoms with Gasteiger partial charge in [-0.1, -0.05) is 30.3 Å². The van der Waals surface area contributed by atoms with Crippen LogP contribution in [0, 0.1) is 11.3 Å². The van der Waals surface area contributed by atoms with E-state index in [0.29, 0.717) is 6.42 Å². The molecule has 0 aliphatic rings. The molecule has 0 unspecified atom stereocenters. The van der Waals surface area contributed by atoms with Gasteiger partial charge >= 0.3 is 0 Å². The SMILES string of the molecule is C[C@](N)(C#N)CCc1ccccc1. The van der Waals surface area contributed by atoms with E-state index >= 15 is 0 Å². The van der Waals surface area contributed by atoms with Gasteiger partial charge in [0.2, 0.25) is 0 Å². The lowest BCUT2D eigenvalue weighted by molar-refractivity contribution is 0.546. The molecule has 0 amide bonds. The molecule has 0 aliphatic heterocycles. The van der Waals surface area contributed by atoms with E-state index in [2.05, 4.69) is 6.07 Å². The highest BCUT2D eigenvalue weighted by Gasteiger charge is 2.16. The van der Waals surface area contributed by atoms with Gasteiger partial charge in [0.1, 0.15) is 5.54 Å². The van der Waals surface area contributed by atoms with Crippen LogP contribution < -0.4 is 5.73 Å². The van der Waals surface area contributed by atoms with E-state index in [4.69, 9.17) is 11.0 Å². The zero-order valence-corrected chi connectivity index (χ0v) is 7.83. The number of hydrogen-bond donors (Lipinski definition) is 1. The fourth-order valence-corrected chi connectivity index (χ4v) is 1.10. The maximum atomic E-state index is 8.70. The Morgan fingerprint density at radius 1 is 1.38 bits per heavy atom. The molecule has 0 aliphatic carbocycles. The van der Waals surface area contributed by atoms with Crippen LogP contribution in [0.2, 0.25) is 0 Å². The van der Waals surface area contributed by atoms with Crippen LogP contribution in [-0.4, -0.2) is 5.54 Å². The van der Waals surface area contributed by atoms with Crippen molar-refractivity contribution in [3.8, 4) is 6.07 Å². The van der Waals surface area contributed by atoms with Gasteiger partial charge in [0.25, 0.3) is 0 Å². The van der Waals surface area contributed by atoms with E-state index in [1.165, 1.54) is 5.56 Å². The summed E-state index contributed by atoms with van der Waals surface area (Å²) in [5, 5.41) is 8.70. The lowest BCUT2D eigenvalue weighted by Crippen LogP contribution is -2.34. The maximum Gasteiger partial charge on any atom is 0.101 e. The van der Waals surface area contributed by atoms with E-state index in [1.54, 1.807) is 6.92 Å². The molecule has 0 fully saturated rings. The minimum atomic E-state index is -0.699. The molecule has 2 nitrogen and oxygen atoms in total. The number of benzene rings is 1. The van der Waals surface area contributed by atoms with Gasteiger partial charge in [0, 0.05) is 0 Å². The van der Waals surface area contributed by atoms with Gasteiger partial charge in [-0.05, 0) is 25.3 Å². The third-order valence-corrected chi connectivity index (χ3v) is 2.03. The number of rotatable bonds is 3. The van der Waals surface area contributed by atoms with Crippen molar-refractivity contribution in [2.45, 2.75) is 25.3 Å².